The molecule has 2 aliphatic carbocycles. The molecule has 0 N–H and O–H groups in total. The van der Waals surface area contributed by atoms with Crippen LogP contribution in [0.5, 0.6) is 0 Å². The maximum Gasteiger partial charge on any atom is 0.164 e. The van der Waals surface area contributed by atoms with Crippen molar-refractivity contribution in [3.05, 3.63) is 187 Å². The monoisotopic (exact) mass is 676 g/mol. The molecule has 4 nitrogen and oxygen atoms in total. The second-order valence-electron chi connectivity index (χ2n) is 14.0. The number of rotatable bonds is 4. The summed E-state index contributed by atoms with van der Waals surface area (Å²) in [6, 6.07) is 50.0. The van der Waals surface area contributed by atoms with Gasteiger partial charge < -0.3 is 4.57 Å². The average Bonchev–Trinajstić information content (AvgIpc) is 3.59. The lowest BCUT2D eigenvalue weighted by Crippen LogP contribution is -2.10. The number of hydrogen-bond donors (Lipinski definition) is 0. The molecule has 0 fully saturated rings. The van der Waals surface area contributed by atoms with Crippen LogP contribution in [0, 0.1) is 5.92 Å². The zero-order valence-electron chi connectivity index (χ0n) is 28.8. The molecular weight excluding hydrogens is 645 g/mol. The van der Waals surface area contributed by atoms with Gasteiger partial charge in [-0.1, -0.05) is 146 Å². The molecule has 9 aromatic rings. The Labute approximate surface area is 306 Å². The second kappa shape index (κ2) is 11.8. The van der Waals surface area contributed by atoms with Crippen LogP contribution in [0.4, 0.5) is 0 Å². The lowest BCUT2D eigenvalue weighted by atomic mass is 9.84. The van der Waals surface area contributed by atoms with Gasteiger partial charge in [0, 0.05) is 33.5 Å². The highest BCUT2D eigenvalue weighted by atomic mass is 15.0. The number of benzene rings is 7. The van der Waals surface area contributed by atoms with Crippen LogP contribution in [0.1, 0.15) is 12.2 Å². The summed E-state index contributed by atoms with van der Waals surface area (Å²) in [7, 11) is 0. The summed E-state index contributed by atoms with van der Waals surface area (Å²) >= 11 is 0. The lowest BCUT2D eigenvalue weighted by Gasteiger charge is -2.22. The molecule has 0 saturated carbocycles. The predicted octanol–water partition coefficient (Wildman–Crippen LogP) is 12.2. The van der Waals surface area contributed by atoms with E-state index in [2.05, 4.69) is 162 Å². The van der Waals surface area contributed by atoms with E-state index in [1.165, 1.54) is 48.9 Å². The normalized spacial score (nSPS) is 15.4. The fraction of sp³-hybridized carbons (Fsp3) is 0.0408. The molecular formula is C49H32N4. The molecule has 1 unspecified atom stereocenters. The zero-order valence-corrected chi connectivity index (χ0v) is 28.8. The number of fused-ring (bicyclic) bond motifs is 9. The van der Waals surface area contributed by atoms with Gasteiger partial charge in [-0.3, -0.25) is 0 Å². The molecule has 0 aliphatic heterocycles. The van der Waals surface area contributed by atoms with E-state index in [9.17, 15) is 0 Å². The van der Waals surface area contributed by atoms with Gasteiger partial charge in [0.2, 0.25) is 0 Å². The Morgan fingerprint density at radius 2 is 1.11 bits per heavy atom. The summed E-state index contributed by atoms with van der Waals surface area (Å²) in [6.07, 6.45) is 13.9. The van der Waals surface area contributed by atoms with Crippen molar-refractivity contribution in [2.24, 2.45) is 5.92 Å². The molecule has 4 heteroatoms. The summed E-state index contributed by atoms with van der Waals surface area (Å²) in [4.78, 5) is 15.2. The molecule has 0 saturated heterocycles. The van der Waals surface area contributed by atoms with Crippen LogP contribution in [-0.4, -0.2) is 19.5 Å². The van der Waals surface area contributed by atoms with Crippen LogP contribution in [0.2, 0.25) is 0 Å². The van der Waals surface area contributed by atoms with Gasteiger partial charge in [-0.05, 0) is 80.2 Å². The maximum atomic E-state index is 5.11. The fourth-order valence-corrected chi connectivity index (χ4v) is 8.33. The Hall–Kier alpha value is -6.91. The van der Waals surface area contributed by atoms with Crippen molar-refractivity contribution in [1.29, 1.82) is 0 Å². The van der Waals surface area contributed by atoms with E-state index >= 15 is 0 Å². The summed E-state index contributed by atoms with van der Waals surface area (Å²) in [5, 5.41) is 9.92. The number of aromatic nitrogens is 4. The highest BCUT2D eigenvalue weighted by Crippen LogP contribution is 2.41. The van der Waals surface area contributed by atoms with Gasteiger partial charge >= 0.3 is 0 Å². The SMILES string of the molecule is C1=CC2=CC=C(c3nc(-c4ccccc4)nc(-c4ccc5cc(-n6c7ccc8ccccc8c7c7c8ccccc8ccc76)ccc5c4)n3)CC2C=C1. The molecule has 0 radical (unpaired) electrons. The van der Waals surface area contributed by atoms with Gasteiger partial charge in [-0.25, -0.2) is 15.0 Å². The van der Waals surface area contributed by atoms with Crippen LogP contribution in [0.3, 0.4) is 0 Å². The van der Waals surface area contributed by atoms with Crippen molar-refractivity contribution in [1.82, 2.24) is 19.5 Å². The molecule has 0 amide bonds. The van der Waals surface area contributed by atoms with E-state index < -0.39 is 0 Å². The van der Waals surface area contributed by atoms with Crippen molar-refractivity contribution in [2.45, 2.75) is 6.42 Å². The van der Waals surface area contributed by atoms with E-state index in [0.717, 1.165) is 45.4 Å². The first-order valence-electron chi connectivity index (χ1n) is 18.2. The summed E-state index contributed by atoms with van der Waals surface area (Å²) in [5.41, 5.74) is 7.93. The molecule has 53 heavy (non-hydrogen) atoms. The third kappa shape index (κ3) is 4.87. The Morgan fingerprint density at radius 3 is 1.87 bits per heavy atom. The first kappa shape index (κ1) is 29.8. The average molecular weight is 677 g/mol. The molecule has 2 heterocycles. The Morgan fingerprint density at radius 1 is 0.491 bits per heavy atom. The predicted molar refractivity (Wildman–Crippen MR) is 220 cm³/mol. The van der Waals surface area contributed by atoms with E-state index in [1.54, 1.807) is 0 Å². The minimum absolute atomic E-state index is 0.335. The van der Waals surface area contributed by atoms with Crippen LogP contribution in [-0.2, 0) is 0 Å². The van der Waals surface area contributed by atoms with Gasteiger partial charge in [0.25, 0.3) is 0 Å². The fourth-order valence-electron chi connectivity index (χ4n) is 8.33. The Balaban J connectivity index is 1.06. The van der Waals surface area contributed by atoms with Crippen molar-refractivity contribution in [3.8, 4) is 28.5 Å². The summed E-state index contributed by atoms with van der Waals surface area (Å²) in [5.74, 6) is 2.43. The van der Waals surface area contributed by atoms with Gasteiger partial charge in [0.15, 0.2) is 17.5 Å². The summed E-state index contributed by atoms with van der Waals surface area (Å²) in [6.45, 7) is 0. The third-order valence-electron chi connectivity index (χ3n) is 10.9. The van der Waals surface area contributed by atoms with Gasteiger partial charge in [-0.15, -0.1) is 0 Å². The van der Waals surface area contributed by atoms with Crippen LogP contribution >= 0.6 is 0 Å². The van der Waals surface area contributed by atoms with Gasteiger partial charge in [0.1, 0.15) is 0 Å². The summed E-state index contributed by atoms with van der Waals surface area (Å²) < 4.78 is 2.43. The zero-order chi connectivity index (χ0) is 34.9. The van der Waals surface area contributed by atoms with Crippen LogP contribution in [0.25, 0.3) is 88.2 Å². The smallest absolute Gasteiger partial charge is 0.164 e. The lowest BCUT2D eigenvalue weighted by molar-refractivity contribution is 0.784. The molecule has 2 aromatic heterocycles. The number of hydrogen-bond acceptors (Lipinski definition) is 3. The van der Waals surface area contributed by atoms with Crippen molar-refractivity contribution >= 4 is 59.7 Å². The largest absolute Gasteiger partial charge is 0.309 e. The Kier molecular flexibility index (Phi) is 6.65. The number of nitrogens with zero attached hydrogens (tertiary/aromatic N) is 4. The van der Waals surface area contributed by atoms with Crippen LogP contribution in [0.15, 0.2) is 182 Å². The molecule has 248 valence electrons. The van der Waals surface area contributed by atoms with Gasteiger partial charge in [0.05, 0.1) is 11.0 Å². The molecule has 1 atom stereocenters. The van der Waals surface area contributed by atoms with E-state index in [4.69, 9.17) is 15.0 Å². The van der Waals surface area contributed by atoms with Crippen molar-refractivity contribution in [3.63, 3.8) is 0 Å². The van der Waals surface area contributed by atoms with E-state index in [-0.39, 0.29) is 0 Å². The molecule has 0 spiro atoms. The number of allylic oxidation sites excluding steroid dienone is 8. The van der Waals surface area contributed by atoms with Crippen molar-refractivity contribution < 1.29 is 0 Å². The standard InChI is InChI=1S/C49H32N4/c1-2-13-34(14-3-1)47-50-48(38-20-18-31-10-4-5-15-35(31)28-38)52-49(51-47)39-21-19-37-30-40(25-22-36(37)29-39)53-43-26-23-32-11-6-8-16-41(32)45(43)46-42-17-9-7-12-33(42)24-27-44(46)53/h1-27,29-30,35H,28H2. The Bertz CT molecular complexity index is 2990. The molecule has 11 rings (SSSR count). The van der Waals surface area contributed by atoms with E-state index in [0.29, 0.717) is 17.6 Å². The molecule has 7 aromatic carbocycles. The first-order chi connectivity index (χ1) is 26.2. The maximum absolute atomic E-state index is 5.11. The topological polar surface area (TPSA) is 43.6 Å². The van der Waals surface area contributed by atoms with Gasteiger partial charge in [-0.2, -0.15) is 0 Å². The van der Waals surface area contributed by atoms with Crippen LogP contribution < -0.4 is 0 Å². The highest BCUT2D eigenvalue weighted by molar-refractivity contribution is 6.28. The molecule has 0 bridgehead atoms. The minimum atomic E-state index is 0.335. The molecule has 2 aliphatic rings. The third-order valence-corrected chi connectivity index (χ3v) is 10.9. The first-order valence-corrected chi connectivity index (χ1v) is 18.2. The second-order valence-corrected chi connectivity index (χ2v) is 14.0. The highest BCUT2D eigenvalue weighted by Gasteiger charge is 2.22. The minimum Gasteiger partial charge on any atom is -0.309 e. The quantitative estimate of drug-likeness (QED) is 0.186. The van der Waals surface area contributed by atoms with E-state index in [1.807, 2.05) is 18.2 Å². The van der Waals surface area contributed by atoms with Crippen molar-refractivity contribution in [2.75, 3.05) is 0 Å².